The minimum absolute atomic E-state index is 0.0161. The third kappa shape index (κ3) is 6.15. The average Bonchev–Trinajstić information content (AvgIpc) is 2.72. The number of benzene rings is 2. The fraction of sp³-hybridized carbons (Fsp3) is 0.364. The van der Waals surface area contributed by atoms with Gasteiger partial charge in [0.05, 0.1) is 6.54 Å². The van der Waals surface area contributed by atoms with Crippen molar-refractivity contribution in [2.24, 2.45) is 0 Å². The summed E-state index contributed by atoms with van der Waals surface area (Å²) in [6, 6.07) is 15.2. The van der Waals surface area contributed by atoms with Crippen molar-refractivity contribution in [3.8, 4) is 0 Å². The molecule has 0 saturated carbocycles. The third-order valence-electron chi connectivity index (χ3n) is 4.71. The van der Waals surface area contributed by atoms with E-state index >= 15 is 0 Å². The van der Waals surface area contributed by atoms with Crippen molar-refractivity contribution in [1.29, 1.82) is 0 Å². The quantitative estimate of drug-likeness (QED) is 0.704. The number of rotatable bonds is 6. The van der Waals surface area contributed by atoms with Crippen molar-refractivity contribution in [2.45, 2.75) is 24.0 Å². The van der Waals surface area contributed by atoms with Crippen LogP contribution in [0.1, 0.15) is 24.2 Å². The van der Waals surface area contributed by atoms with Crippen LogP contribution in [-0.2, 0) is 4.79 Å². The van der Waals surface area contributed by atoms with E-state index in [1.807, 2.05) is 36.4 Å². The van der Waals surface area contributed by atoms with Crippen LogP contribution in [0.5, 0.6) is 0 Å². The van der Waals surface area contributed by atoms with Crippen LogP contribution in [0, 0.1) is 0 Å². The molecule has 2 aromatic carbocycles. The molecule has 2 amide bonds. The number of carbonyl (C=O) groups is 2. The lowest BCUT2D eigenvalue weighted by molar-refractivity contribution is -0.130. The van der Waals surface area contributed by atoms with Crippen molar-refractivity contribution in [3.63, 3.8) is 0 Å². The molecule has 2 aromatic rings. The van der Waals surface area contributed by atoms with Gasteiger partial charge in [-0.05, 0) is 48.5 Å². The van der Waals surface area contributed by atoms with Gasteiger partial charge >= 0.3 is 0 Å². The molecule has 7 heteroatoms. The Kier molecular flexibility index (Phi) is 7.45. The Labute approximate surface area is 181 Å². The van der Waals surface area contributed by atoms with Crippen molar-refractivity contribution < 1.29 is 9.59 Å². The van der Waals surface area contributed by atoms with E-state index in [4.69, 9.17) is 11.6 Å². The highest BCUT2D eigenvalue weighted by Gasteiger charge is 2.21. The Morgan fingerprint density at radius 3 is 2.21 bits per heavy atom. The van der Waals surface area contributed by atoms with Gasteiger partial charge in [-0.25, -0.2) is 0 Å². The summed E-state index contributed by atoms with van der Waals surface area (Å²) in [5.74, 6) is -0.277. The molecule has 154 valence electrons. The summed E-state index contributed by atoms with van der Waals surface area (Å²) < 4.78 is 0. The highest BCUT2D eigenvalue weighted by Crippen LogP contribution is 2.23. The number of hydrogen-bond acceptors (Lipinski definition) is 4. The van der Waals surface area contributed by atoms with Crippen LogP contribution in [0.4, 0.5) is 5.69 Å². The van der Waals surface area contributed by atoms with Crippen LogP contribution in [0.25, 0.3) is 0 Å². The first-order valence-corrected chi connectivity index (χ1v) is 11.0. The summed E-state index contributed by atoms with van der Waals surface area (Å²) in [7, 11) is 0. The van der Waals surface area contributed by atoms with Crippen molar-refractivity contribution in [1.82, 2.24) is 10.2 Å². The van der Waals surface area contributed by atoms with E-state index in [1.165, 1.54) is 0 Å². The van der Waals surface area contributed by atoms with Crippen LogP contribution in [0.2, 0.25) is 5.02 Å². The number of halogens is 1. The highest BCUT2D eigenvalue weighted by atomic mass is 35.5. The summed E-state index contributed by atoms with van der Waals surface area (Å²) in [5.41, 5.74) is 1.67. The van der Waals surface area contributed by atoms with E-state index in [1.54, 1.807) is 28.8 Å². The lowest BCUT2D eigenvalue weighted by atomic mass is 10.2. The standard InChI is InChI=1S/C22H26ClN3O2S/c1-16(2)29-20-9-3-17(4-10-20)22(28)24-15-21(27)26-13-11-25(12-14-26)19-7-5-18(23)6-8-19/h3-10,16H,11-15H2,1-2H3,(H,24,28). The second-order valence-corrected chi connectivity index (χ2v) is 9.30. The second-order valence-electron chi connectivity index (χ2n) is 7.22. The Morgan fingerprint density at radius 2 is 1.62 bits per heavy atom. The largest absolute Gasteiger partial charge is 0.368 e. The van der Waals surface area contributed by atoms with Crippen molar-refractivity contribution >= 4 is 40.9 Å². The molecule has 1 saturated heterocycles. The van der Waals surface area contributed by atoms with Gasteiger partial charge in [0.2, 0.25) is 5.91 Å². The molecule has 1 N–H and O–H groups in total. The van der Waals surface area contributed by atoms with Gasteiger partial charge in [0.1, 0.15) is 0 Å². The van der Waals surface area contributed by atoms with E-state index in [2.05, 4.69) is 24.1 Å². The predicted octanol–water partition coefficient (Wildman–Crippen LogP) is 3.92. The third-order valence-corrected chi connectivity index (χ3v) is 5.98. The molecule has 1 fully saturated rings. The Balaban J connectivity index is 1.45. The van der Waals surface area contributed by atoms with Crippen LogP contribution in [0.3, 0.4) is 0 Å². The van der Waals surface area contributed by atoms with Gasteiger partial charge in [0, 0.05) is 52.6 Å². The SMILES string of the molecule is CC(C)Sc1ccc(C(=O)NCC(=O)N2CCN(c3ccc(Cl)cc3)CC2)cc1. The zero-order chi connectivity index (χ0) is 20.8. The zero-order valence-electron chi connectivity index (χ0n) is 16.7. The number of anilines is 1. The molecule has 0 aliphatic carbocycles. The monoisotopic (exact) mass is 431 g/mol. The molecule has 0 aromatic heterocycles. The smallest absolute Gasteiger partial charge is 0.251 e. The minimum Gasteiger partial charge on any atom is -0.368 e. The molecule has 5 nitrogen and oxygen atoms in total. The second kappa shape index (κ2) is 10.0. The lowest BCUT2D eigenvalue weighted by Crippen LogP contribution is -2.51. The summed E-state index contributed by atoms with van der Waals surface area (Å²) in [6.07, 6.45) is 0. The molecule has 0 bridgehead atoms. The fourth-order valence-corrected chi connectivity index (χ4v) is 4.16. The van der Waals surface area contributed by atoms with Crippen LogP contribution in [0.15, 0.2) is 53.4 Å². The molecule has 0 atom stereocenters. The first-order chi connectivity index (χ1) is 13.9. The van der Waals surface area contributed by atoms with Crippen LogP contribution in [-0.4, -0.2) is 54.7 Å². The molecule has 0 unspecified atom stereocenters. The molecule has 0 spiro atoms. The molecule has 3 rings (SSSR count). The molecular formula is C22H26ClN3O2S. The van der Waals surface area contributed by atoms with E-state index in [-0.39, 0.29) is 18.4 Å². The first kappa shape index (κ1) is 21.5. The van der Waals surface area contributed by atoms with Crippen molar-refractivity contribution in [3.05, 3.63) is 59.1 Å². The topological polar surface area (TPSA) is 52.7 Å². The summed E-state index contributed by atoms with van der Waals surface area (Å²) in [5, 5.41) is 3.95. The number of carbonyl (C=O) groups excluding carboxylic acids is 2. The van der Waals surface area contributed by atoms with E-state index in [9.17, 15) is 9.59 Å². The van der Waals surface area contributed by atoms with Gasteiger partial charge in [-0.1, -0.05) is 25.4 Å². The summed E-state index contributed by atoms with van der Waals surface area (Å²) in [4.78, 5) is 30.0. The maximum absolute atomic E-state index is 12.5. The number of nitrogens with zero attached hydrogens (tertiary/aromatic N) is 2. The molecule has 0 radical (unpaired) electrons. The number of thioether (sulfide) groups is 1. The van der Waals surface area contributed by atoms with Crippen molar-refractivity contribution in [2.75, 3.05) is 37.6 Å². The van der Waals surface area contributed by atoms with E-state index in [0.717, 1.165) is 23.7 Å². The van der Waals surface area contributed by atoms with Gasteiger partial charge in [-0.15, -0.1) is 11.8 Å². The Bertz CT molecular complexity index is 832. The van der Waals surface area contributed by atoms with Gasteiger partial charge in [-0.3, -0.25) is 9.59 Å². The maximum atomic E-state index is 12.5. The molecule has 1 heterocycles. The van der Waals surface area contributed by atoms with E-state index < -0.39 is 0 Å². The number of nitrogens with one attached hydrogen (secondary N) is 1. The number of hydrogen-bond donors (Lipinski definition) is 1. The number of piperazine rings is 1. The summed E-state index contributed by atoms with van der Waals surface area (Å²) in [6.45, 7) is 7.07. The Morgan fingerprint density at radius 1 is 1.00 bits per heavy atom. The van der Waals surface area contributed by atoms with Crippen LogP contribution >= 0.6 is 23.4 Å². The first-order valence-electron chi connectivity index (χ1n) is 9.75. The van der Waals surface area contributed by atoms with Crippen LogP contribution < -0.4 is 10.2 Å². The number of amides is 2. The minimum atomic E-state index is -0.223. The molecule has 1 aliphatic rings. The molecule has 1 aliphatic heterocycles. The van der Waals surface area contributed by atoms with Gasteiger partial charge in [-0.2, -0.15) is 0 Å². The Hall–Kier alpha value is -2.18. The highest BCUT2D eigenvalue weighted by molar-refractivity contribution is 7.99. The lowest BCUT2D eigenvalue weighted by Gasteiger charge is -2.36. The maximum Gasteiger partial charge on any atom is 0.251 e. The van der Waals surface area contributed by atoms with E-state index in [0.29, 0.717) is 28.9 Å². The van der Waals surface area contributed by atoms with Gasteiger partial charge < -0.3 is 15.1 Å². The normalized spacial score (nSPS) is 14.2. The zero-order valence-corrected chi connectivity index (χ0v) is 18.3. The molecular weight excluding hydrogens is 406 g/mol. The average molecular weight is 432 g/mol. The molecule has 29 heavy (non-hydrogen) atoms. The fourth-order valence-electron chi connectivity index (χ4n) is 3.19. The van der Waals surface area contributed by atoms with Gasteiger partial charge in [0.25, 0.3) is 5.91 Å². The summed E-state index contributed by atoms with van der Waals surface area (Å²) >= 11 is 7.69. The predicted molar refractivity (Wildman–Crippen MR) is 120 cm³/mol. The van der Waals surface area contributed by atoms with Gasteiger partial charge in [0.15, 0.2) is 0 Å².